The van der Waals surface area contributed by atoms with E-state index in [-0.39, 0.29) is 24.2 Å². The number of carbonyl (C=O) groups is 2. The van der Waals surface area contributed by atoms with Crippen LogP contribution in [0.2, 0.25) is 0 Å². The Kier molecular flexibility index (Phi) is 4.67. The number of hydrogen-bond acceptors (Lipinski definition) is 3. The van der Waals surface area contributed by atoms with Crippen LogP contribution in [-0.2, 0) is 16.0 Å². The third-order valence-corrected chi connectivity index (χ3v) is 5.10. The Morgan fingerprint density at radius 1 is 1.13 bits per heavy atom. The summed E-state index contributed by atoms with van der Waals surface area (Å²) in [5, 5.41) is 5.60. The molecule has 23 heavy (non-hydrogen) atoms. The van der Waals surface area contributed by atoms with Crippen LogP contribution < -0.4 is 10.6 Å². The van der Waals surface area contributed by atoms with Gasteiger partial charge < -0.3 is 10.6 Å². The molecule has 0 spiro atoms. The predicted molar refractivity (Wildman–Crippen MR) is 92.7 cm³/mol. The summed E-state index contributed by atoms with van der Waals surface area (Å²) in [6.45, 7) is 0. The fourth-order valence-electron chi connectivity index (χ4n) is 2.66. The molecule has 1 atom stereocenters. The Morgan fingerprint density at radius 2 is 1.87 bits per heavy atom. The molecule has 3 rings (SSSR count). The Hall–Kier alpha value is -2.27. The summed E-state index contributed by atoms with van der Waals surface area (Å²) in [6.07, 6.45) is 0.253. The van der Waals surface area contributed by atoms with Gasteiger partial charge in [0.2, 0.25) is 11.8 Å². The SMILES string of the molecule is CNC(=O)Cc1ccccc1NC(=O)C1CSc2ccccc21. The molecule has 0 aromatic heterocycles. The number of para-hydroxylation sites is 1. The van der Waals surface area contributed by atoms with Crippen LogP contribution in [0.3, 0.4) is 0 Å². The highest BCUT2D eigenvalue weighted by Crippen LogP contribution is 2.39. The van der Waals surface area contributed by atoms with Crippen LogP contribution >= 0.6 is 11.8 Å². The first-order valence-electron chi connectivity index (χ1n) is 7.50. The molecule has 5 heteroatoms. The van der Waals surface area contributed by atoms with Gasteiger partial charge in [0.05, 0.1) is 12.3 Å². The second kappa shape index (κ2) is 6.87. The minimum Gasteiger partial charge on any atom is -0.359 e. The first-order valence-corrected chi connectivity index (χ1v) is 8.48. The van der Waals surface area contributed by atoms with Crippen LogP contribution in [0.25, 0.3) is 0 Å². The van der Waals surface area contributed by atoms with E-state index in [4.69, 9.17) is 0 Å². The van der Waals surface area contributed by atoms with Gasteiger partial charge in [0, 0.05) is 23.4 Å². The number of anilines is 1. The van der Waals surface area contributed by atoms with Crippen LogP contribution in [0, 0.1) is 0 Å². The van der Waals surface area contributed by atoms with Gasteiger partial charge in [0.1, 0.15) is 0 Å². The summed E-state index contributed by atoms with van der Waals surface area (Å²) >= 11 is 1.71. The molecule has 1 aliphatic rings. The molecule has 2 amide bonds. The summed E-state index contributed by atoms with van der Waals surface area (Å²) in [4.78, 5) is 25.4. The molecule has 2 N–H and O–H groups in total. The summed E-state index contributed by atoms with van der Waals surface area (Å²) in [5.74, 6) is 0.507. The van der Waals surface area contributed by atoms with Gasteiger partial charge in [-0.05, 0) is 23.3 Å². The second-order valence-electron chi connectivity index (χ2n) is 5.40. The number of fused-ring (bicyclic) bond motifs is 1. The number of amides is 2. The van der Waals surface area contributed by atoms with E-state index in [0.717, 1.165) is 16.9 Å². The summed E-state index contributed by atoms with van der Waals surface area (Å²) in [5.41, 5.74) is 2.60. The molecule has 0 aliphatic carbocycles. The molecular formula is C18H18N2O2S. The normalized spacial score (nSPS) is 15.8. The van der Waals surface area contributed by atoms with Crippen molar-refractivity contribution in [2.24, 2.45) is 0 Å². The van der Waals surface area contributed by atoms with Gasteiger partial charge in [0.15, 0.2) is 0 Å². The van der Waals surface area contributed by atoms with E-state index in [1.807, 2.05) is 48.5 Å². The van der Waals surface area contributed by atoms with Crippen molar-refractivity contribution in [3.05, 3.63) is 59.7 Å². The number of rotatable bonds is 4. The lowest BCUT2D eigenvalue weighted by Crippen LogP contribution is -2.24. The molecule has 4 nitrogen and oxygen atoms in total. The lowest BCUT2D eigenvalue weighted by atomic mass is 10.00. The molecule has 1 unspecified atom stereocenters. The van der Waals surface area contributed by atoms with Gasteiger partial charge in [0.25, 0.3) is 0 Å². The Balaban J connectivity index is 1.78. The van der Waals surface area contributed by atoms with Crippen molar-refractivity contribution >= 4 is 29.3 Å². The van der Waals surface area contributed by atoms with Crippen LogP contribution in [0.15, 0.2) is 53.4 Å². The van der Waals surface area contributed by atoms with E-state index >= 15 is 0 Å². The molecule has 2 aromatic carbocycles. The van der Waals surface area contributed by atoms with Gasteiger partial charge >= 0.3 is 0 Å². The van der Waals surface area contributed by atoms with E-state index in [9.17, 15) is 9.59 Å². The zero-order chi connectivity index (χ0) is 16.2. The monoisotopic (exact) mass is 326 g/mol. The van der Waals surface area contributed by atoms with Crippen molar-refractivity contribution in [2.45, 2.75) is 17.2 Å². The highest BCUT2D eigenvalue weighted by Gasteiger charge is 2.29. The van der Waals surface area contributed by atoms with E-state index < -0.39 is 0 Å². The number of likely N-dealkylation sites (N-methyl/N-ethyl adjacent to an activating group) is 1. The third-order valence-electron chi connectivity index (χ3n) is 3.92. The topological polar surface area (TPSA) is 58.2 Å². The molecular weight excluding hydrogens is 308 g/mol. The Labute approximate surface area is 139 Å². The molecule has 0 saturated heterocycles. The van der Waals surface area contributed by atoms with Gasteiger partial charge in [-0.3, -0.25) is 9.59 Å². The van der Waals surface area contributed by atoms with Gasteiger partial charge in [-0.25, -0.2) is 0 Å². The van der Waals surface area contributed by atoms with E-state index in [2.05, 4.69) is 10.6 Å². The fourth-order valence-corrected chi connectivity index (χ4v) is 3.89. The van der Waals surface area contributed by atoms with Crippen LogP contribution in [-0.4, -0.2) is 24.6 Å². The molecule has 1 heterocycles. The van der Waals surface area contributed by atoms with Crippen molar-refractivity contribution in [1.82, 2.24) is 5.32 Å². The van der Waals surface area contributed by atoms with Crippen molar-refractivity contribution < 1.29 is 9.59 Å². The smallest absolute Gasteiger partial charge is 0.232 e. The maximum absolute atomic E-state index is 12.7. The maximum Gasteiger partial charge on any atom is 0.232 e. The minimum atomic E-state index is -0.149. The van der Waals surface area contributed by atoms with E-state index in [0.29, 0.717) is 5.69 Å². The third kappa shape index (κ3) is 3.40. The standard InChI is InChI=1S/C18H18N2O2S/c1-19-17(21)10-12-6-2-4-8-15(12)20-18(22)14-11-23-16-9-5-3-7-13(14)16/h2-9,14H,10-11H2,1H3,(H,19,21)(H,20,22). The number of nitrogens with one attached hydrogen (secondary N) is 2. The molecule has 0 saturated carbocycles. The van der Waals surface area contributed by atoms with Crippen molar-refractivity contribution in [3.8, 4) is 0 Å². The molecule has 0 radical (unpaired) electrons. The zero-order valence-electron chi connectivity index (χ0n) is 12.8. The average molecular weight is 326 g/mol. The number of carbonyl (C=O) groups excluding carboxylic acids is 2. The Morgan fingerprint density at radius 3 is 2.70 bits per heavy atom. The Bertz CT molecular complexity index is 745. The highest BCUT2D eigenvalue weighted by atomic mass is 32.2. The minimum absolute atomic E-state index is 0.0215. The first-order chi connectivity index (χ1) is 11.2. The summed E-state index contributed by atoms with van der Waals surface area (Å²) < 4.78 is 0. The van der Waals surface area contributed by atoms with Crippen LogP contribution in [0.4, 0.5) is 5.69 Å². The summed E-state index contributed by atoms with van der Waals surface area (Å²) in [7, 11) is 1.61. The molecule has 2 aromatic rings. The lowest BCUT2D eigenvalue weighted by molar-refractivity contribution is -0.120. The number of thioether (sulfide) groups is 1. The maximum atomic E-state index is 12.7. The van der Waals surface area contributed by atoms with Gasteiger partial charge in [-0.15, -0.1) is 11.8 Å². The summed E-state index contributed by atoms with van der Waals surface area (Å²) in [6, 6.07) is 15.4. The molecule has 0 bridgehead atoms. The predicted octanol–water partition coefficient (Wildman–Crippen LogP) is 2.80. The van der Waals surface area contributed by atoms with Crippen molar-refractivity contribution in [3.63, 3.8) is 0 Å². The van der Waals surface area contributed by atoms with Crippen molar-refractivity contribution in [2.75, 3.05) is 18.1 Å². The van der Waals surface area contributed by atoms with Crippen LogP contribution in [0.1, 0.15) is 17.0 Å². The molecule has 118 valence electrons. The first kappa shape index (κ1) is 15.6. The van der Waals surface area contributed by atoms with E-state index in [1.54, 1.807) is 18.8 Å². The average Bonchev–Trinajstić information content (AvgIpc) is 3.00. The fraction of sp³-hybridized carbons (Fsp3) is 0.222. The van der Waals surface area contributed by atoms with Gasteiger partial charge in [-0.2, -0.15) is 0 Å². The zero-order valence-corrected chi connectivity index (χ0v) is 13.7. The second-order valence-corrected chi connectivity index (χ2v) is 6.46. The van der Waals surface area contributed by atoms with Crippen LogP contribution in [0.5, 0.6) is 0 Å². The number of hydrogen-bond donors (Lipinski definition) is 2. The molecule has 1 aliphatic heterocycles. The molecule has 0 fully saturated rings. The van der Waals surface area contributed by atoms with Crippen molar-refractivity contribution in [1.29, 1.82) is 0 Å². The highest BCUT2D eigenvalue weighted by molar-refractivity contribution is 7.99. The quantitative estimate of drug-likeness (QED) is 0.908. The lowest BCUT2D eigenvalue weighted by Gasteiger charge is -2.14. The van der Waals surface area contributed by atoms with Gasteiger partial charge in [-0.1, -0.05) is 36.4 Å². The number of benzene rings is 2. The largest absolute Gasteiger partial charge is 0.359 e. The van der Waals surface area contributed by atoms with E-state index in [1.165, 1.54) is 4.90 Å².